The number of phosphoric ester groups is 1. The number of nitrogens with zero attached hydrogens (tertiary/aromatic N) is 1. The largest absolute Gasteiger partial charge is 0.756 e. The highest BCUT2D eigenvalue weighted by Gasteiger charge is 2.22. The molecule has 2 atom stereocenters. The Morgan fingerprint density at radius 3 is 1.00 bits per heavy atom. The van der Waals surface area contributed by atoms with Gasteiger partial charge in [0.05, 0.1) is 27.7 Å². The zero-order valence-corrected chi connectivity index (χ0v) is 52.4. The van der Waals surface area contributed by atoms with E-state index in [-0.39, 0.29) is 26.1 Å². The number of allylic oxidation sites excluding steroid dienone is 24. The minimum atomic E-state index is -4.65. The van der Waals surface area contributed by atoms with Gasteiger partial charge in [0.2, 0.25) is 0 Å². The Kier molecular flexibility index (Phi) is 56.5. The van der Waals surface area contributed by atoms with E-state index in [0.717, 1.165) is 128 Å². The van der Waals surface area contributed by atoms with E-state index in [0.29, 0.717) is 23.9 Å². The van der Waals surface area contributed by atoms with Crippen molar-refractivity contribution in [2.45, 2.75) is 238 Å². The molecular weight excluding hydrogens is 1010 g/mol. The van der Waals surface area contributed by atoms with Gasteiger partial charge in [-0.2, -0.15) is 0 Å². The zero-order valence-electron chi connectivity index (χ0n) is 51.5. The predicted molar refractivity (Wildman–Crippen MR) is 341 cm³/mol. The van der Waals surface area contributed by atoms with Crippen LogP contribution in [-0.2, 0) is 32.7 Å². The number of carbonyl (C=O) groups excluding carboxylic acids is 2. The second-order valence-corrected chi connectivity index (χ2v) is 23.1. The molecule has 80 heavy (non-hydrogen) atoms. The van der Waals surface area contributed by atoms with Gasteiger partial charge in [0.25, 0.3) is 7.82 Å². The highest BCUT2D eigenvalue weighted by Crippen LogP contribution is 2.38. The van der Waals surface area contributed by atoms with Crippen LogP contribution in [0.5, 0.6) is 0 Å². The number of quaternary nitrogens is 1. The average Bonchev–Trinajstić information content (AvgIpc) is 3.42. The SMILES string of the molecule is CC/C=C\C/C=C\C/C=C\C/C=C\C/C=C\C/C=C\C/C=C\CCCCCCCCCCCCCCCC(=O)OC(COC(=O)CCCCCCC/C=C\C/C=C\C/C=C\C/C=C\C/C=C\CC)COP(=O)([O-])OCC[N+](C)(C)C. The van der Waals surface area contributed by atoms with Crippen molar-refractivity contribution in [2.24, 2.45) is 0 Å². The molecule has 0 fully saturated rings. The molecular formula is C70H116NO8P. The minimum Gasteiger partial charge on any atom is -0.756 e. The van der Waals surface area contributed by atoms with E-state index in [2.05, 4.69) is 160 Å². The van der Waals surface area contributed by atoms with Crippen LogP contribution in [0.15, 0.2) is 146 Å². The van der Waals surface area contributed by atoms with Crippen molar-refractivity contribution < 1.29 is 42.1 Å². The maximum Gasteiger partial charge on any atom is 0.306 e. The lowest BCUT2D eigenvalue weighted by Gasteiger charge is -2.28. The van der Waals surface area contributed by atoms with Gasteiger partial charge in [0.15, 0.2) is 6.10 Å². The normalized spacial score (nSPS) is 14.2. The summed E-state index contributed by atoms with van der Waals surface area (Å²) in [6, 6.07) is 0. The van der Waals surface area contributed by atoms with Crippen molar-refractivity contribution in [2.75, 3.05) is 47.5 Å². The van der Waals surface area contributed by atoms with Gasteiger partial charge in [0, 0.05) is 12.8 Å². The van der Waals surface area contributed by atoms with Crippen molar-refractivity contribution in [3.63, 3.8) is 0 Å². The van der Waals surface area contributed by atoms with Gasteiger partial charge >= 0.3 is 11.9 Å². The highest BCUT2D eigenvalue weighted by molar-refractivity contribution is 7.45. The molecule has 454 valence electrons. The van der Waals surface area contributed by atoms with Crippen LogP contribution in [-0.4, -0.2) is 70.0 Å². The lowest BCUT2D eigenvalue weighted by atomic mass is 10.0. The quantitative estimate of drug-likeness (QED) is 0.0195. The Balaban J connectivity index is 4.15. The van der Waals surface area contributed by atoms with E-state index in [9.17, 15) is 19.0 Å². The topological polar surface area (TPSA) is 111 Å². The lowest BCUT2D eigenvalue weighted by molar-refractivity contribution is -0.870. The Hall–Kier alpha value is -4.11. The molecule has 0 radical (unpaired) electrons. The number of hydrogen-bond acceptors (Lipinski definition) is 8. The molecule has 0 saturated carbocycles. The molecule has 0 spiro atoms. The molecule has 0 aromatic rings. The molecule has 10 heteroatoms. The highest BCUT2D eigenvalue weighted by atomic mass is 31.2. The van der Waals surface area contributed by atoms with E-state index in [1.807, 2.05) is 21.1 Å². The molecule has 0 aromatic carbocycles. The first-order valence-electron chi connectivity index (χ1n) is 31.5. The van der Waals surface area contributed by atoms with E-state index < -0.39 is 32.5 Å². The lowest BCUT2D eigenvalue weighted by Crippen LogP contribution is -2.37. The fourth-order valence-corrected chi connectivity index (χ4v) is 8.80. The third-order valence-electron chi connectivity index (χ3n) is 12.9. The Morgan fingerprint density at radius 1 is 0.388 bits per heavy atom. The molecule has 0 bridgehead atoms. The minimum absolute atomic E-state index is 0.0418. The average molecular weight is 1130 g/mol. The fourth-order valence-electron chi connectivity index (χ4n) is 8.07. The van der Waals surface area contributed by atoms with Gasteiger partial charge in [-0.3, -0.25) is 14.2 Å². The molecule has 0 amide bonds. The number of carbonyl (C=O) groups is 2. The van der Waals surface area contributed by atoms with Crippen LogP contribution in [0.2, 0.25) is 0 Å². The molecule has 0 saturated heterocycles. The third kappa shape index (κ3) is 63.1. The Morgan fingerprint density at radius 2 is 0.675 bits per heavy atom. The Bertz CT molecular complexity index is 1860. The molecule has 0 aromatic heterocycles. The number of likely N-dealkylation sites (N-methyl/N-ethyl adjacent to an activating group) is 1. The summed E-state index contributed by atoms with van der Waals surface area (Å²) >= 11 is 0. The standard InChI is InChI=1S/C70H116NO8P/c1-6-8-10-12-14-16-18-20-22-24-26-28-29-30-31-32-33-34-35-36-37-38-39-40-41-43-45-47-49-51-53-55-57-59-61-63-70(73)79-68(67-78-80(74,75)77-65-64-71(3,4)5)66-76-69(72)62-60-58-56-54-52-50-48-46-44-42-27-25-23-21-19-17-15-13-11-9-7-2/h8-11,14-17,20-23,26-28,30-31,33-34,36-37,42,46,48,68H,6-7,12-13,18-19,24-25,29,32,35,38-41,43-45,47,49-67H2,1-5H3/b10-8-,11-9-,16-14-,17-15-,22-20-,23-21-,28-26-,31-30-,34-33-,37-36-,42-27-,48-46-. The third-order valence-corrected chi connectivity index (χ3v) is 13.8. The first-order valence-corrected chi connectivity index (χ1v) is 33.0. The summed E-state index contributed by atoms with van der Waals surface area (Å²) in [5, 5.41) is 0. The van der Waals surface area contributed by atoms with Gasteiger partial charge < -0.3 is 27.9 Å². The summed E-state index contributed by atoms with van der Waals surface area (Å²) in [5.74, 6) is -0.864. The maximum absolute atomic E-state index is 12.8. The number of esters is 2. The second kappa shape index (κ2) is 59.5. The van der Waals surface area contributed by atoms with Crippen LogP contribution in [0.3, 0.4) is 0 Å². The molecule has 0 aliphatic carbocycles. The van der Waals surface area contributed by atoms with E-state index in [4.69, 9.17) is 18.5 Å². The van der Waals surface area contributed by atoms with Gasteiger partial charge in [-0.15, -0.1) is 0 Å². The number of phosphoric acid groups is 1. The number of ether oxygens (including phenoxy) is 2. The molecule has 2 unspecified atom stereocenters. The summed E-state index contributed by atoms with van der Waals surface area (Å²) in [6.45, 7) is 3.98. The van der Waals surface area contributed by atoms with Crippen molar-refractivity contribution in [3.05, 3.63) is 146 Å². The van der Waals surface area contributed by atoms with Gasteiger partial charge in [-0.25, -0.2) is 0 Å². The smallest absolute Gasteiger partial charge is 0.306 e. The van der Waals surface area contributed by atoms with Gasteiger partial charge in [0.1, 0.15) is 19.8 Å². The van der Waals surface area contributed by atoms with Gasteiger partial charge in [-0.05, 0) is 116 Å². The molecule has 0 aliphatic rings. The van der Waals surface area contributed by atoms with Crippen molar-refractivity contribution >= 4 is 19.8 Å². The van der Waals surface area contributed by atoms with Crippen LogP contribution < -0.4 is 4.89 Å². The predicted octanol–water partition coefficient (Wildman–Crippen LogP) is 19.6. The van der Waals surface area contributed by atoms with Crippen LogP contribution in [0.4, 0.5) is 0 Å². The number of hydrogen-bond donors (Lipinski definition) is 0. The van der Waals surface area contributed by atoms with Crippen molar-refractivity contribution in [1.29, 1.82) is 0 Å². The summed E-state index contributed by atoms with van der Waals surface area (Å²) < 4.78 is 34.2. The number of unbranched alkanes of at least 4 members (excludes halogenated alkanes) is 18. The van der Waals surface area contributed by atoms with Gasteiger partial charge in [-0.1, -0.05) is 250 Å². The second-order valence-electron chi connectivity index (χ2n) is 21.7. The number of rotatable bonds is 56. The Labute approximate surface area is 491 Å². The maximum atomic E-state index is 12.8. The first-order chi connectivity index (χ1) is 39.0. The van der Waals surface area contributed by atoms with Crippen molar-refractivity contribution in [3.8, 4) is 0 Å². The molecule has 9 nitrogen and oxygen atoms in total. The van der Waals surface area contributed by atoms with E-state index >= 15 is 0 Å². The molecule has 0 rings (SSSR count). The van der Waals surface area contributed by atoms with Crippen LogP contribution in [0, 0.1) is 0 Å². The molecule has 0 heterocycles. The fraction of sp³-hybridized carbons (Fsp3) is 0.629. The van der Waals surface area contributed by atoms with Crippen LogP contribution >= 0.6 is 7.82 Å². The summed E-state index contributed by atoms with van der Waals surface area (Å²) in [6.07, 6.45) is 87.6. The van der Waals surface area contributed by atoms with E-state index in [1.54, 1.807) is 0 Å². The summed E-state index contributed by atoms with van der Waals surface area (Å²) in [4.78, 5) is 38.0. The van der Waals surface area contributed by atoms with Crippen LogP contribution in [0.1, 0.15) is 232 Å². The van der Waals surface area contributed by atoms with Crippen LogP contribution in [0.25, 0.3) is 0 Å². The van der Waals surface area contributed by atoms with Crippen molar-refractivity contribution in [1.82, 2.24) is 0 Å². The summed E-state index contributed by atoms with van der Waals surface area (Å²) in [5.41, 5.74) is 0. The molecule has 0 aliphatic heterocycles. The van der Waals surface area contributed by atoms with E-state index in [1.165, 1.54) is 64.2 Å². The zero-order chi connectivity index (χ0) is 58.4. The summed E-state index contributed by atoms with van der Waals surface area (Å²) in [7, 11) is 1.14. The molecule has 0 N–H and O–H groups in total. The first kappa shape index (κ1) is 75.9. The monoisotopic (exact) mass is 1130 g/mol.